The first-order chi connectivity index (χ1) is 9.04. The van der Waals surface area contributed by atoms with Gasteiger partial charge in [0.05, 0.1) is 0 Å². The zero-order valence-electron chi connectivity index (χ0n) is 12.1. The van der Waals surface area contributed by atoms with E-state index in [9.17, 15) is 0 Å². The number of halogens is 2. The van der Waals surface area contributed by atoms with E-state index in [2.05, 4.69) is 30.7 Å². The standard InChI is InChI=1S/C14H22Cl2N2O/c1-5-9-10-11(15)17-13(18-12(10)16)14(6-2,7-3)19-8-4/h5-9H2,1-4H3. The van der Waals surface area contributed by atoms with Crippen molar-refractivity contribution < 1.29 is 4.74 Å². The molecule has 0 spiro atoms. The van der Waals surface area contributed by atoms with Crippen molar-refractivity contribution in [3.05, 3.63) is 21.7 Å². The molecule has 0 saturated carbocycles. The summed E-state index contributed by atoms with van der Waals surface area (Å²) in [5, 5.41) is 0.894. The molecule has 1 rings (SSSR count). The quantitative estimate of drug-likeness (QED) is 0.679. The molecule has 0 N–H and O–H groups in total. The molecule has 0 amide bonds. The highest BCUT2D eigenvalue weighted by Crippen LogP contribution is 2.33. The SMILES string of the molecule is CCCc1c(Cl)nc(C(CC)(CC)OCC)nc1Cl. The fraction of sp³-hybridized carbons (Fsp3) is 0.714. The zero-order valence-corrected chi connectivity index (χ0v) is 13.6. The van der Waals surface area contributed by atoms with Crippen LogP contribution in [0, 0.1) is 0 Å². The summed E-state index contributed by atoms with van der Waals surface area (Å²) in [6.45, 7) is 8.77. The second kappa shape index (κ2) is 7.41. The van der Waals surface area contributed by atoms with Gasteiger partial charge in [0.15, 0.2) is 5.82 Å². The normalized spacial score (nSPS) is 11.9. The number of aromatic nitrogens is 2. The predicted molar refractivity (Wildman–Crippen MR) is 79.9 cm³/mol. The van der Waals surface area contributed by atoms with Crippen molar-refractivity contribution in [1.29, 1.82) is 0 Å². The van der Waals surface area contributed by atoms with Crippen LogP contribution in [0.4, 0.5) is 0 Å². The lowest BCUT2D eigenvalue weighted by atomic mass is 9.95. The third-order valence-corrected chi connectivity index (χ3v) is 4.00. The van der Waals surface area contributed by atoms with Gasteiger partial charge in [0, 0.05) is 12.2 Å². The summed E-state index contributed by atoms with van der Waals surface area (Å²) in [5.41, 5.74) is 0.333. The van der Waals surface area contributed by atoms with Crippen molar-refractivity contribution in [3.63, 3.8) is 0 Å². The van der Waals surface area contributed by atoms with Gasteiger partial charge in [-0.1, -0.05) is 50.4 Å². The van der Waals surface area contributed by atoms with E-state index < -0.39 is 5.60 Å². The van der Waals surface area contributed by atoms with E-state index in [1.54, 1.807) is 0 Å². The summed E-state index contributed by atoms with van der Waals surface area (Å²) in [6, 6.07) is 0. The summed E-state index contributed by atoms with van der Waals surface area (Å²) < 4.78 is 5.88. The lowest BCUT2D eigenvalue weighted by Crippen LogP contribution is -2.31. The minimum atomic E-state index is -0.493. The van der Waals surface area contributed by atoms with E-state index in [1.807, 2.05) is 6.92 Å². The lowest BCUT2D eigenvalue weighted by Gasteiger charge is -2.30. The number of nitrogens with zero attached hydrogens (tertiary/aromatic N) is 2. The zero-order chi connectivity index (χ0) is 14.5. The van der Waals surface area contributed by atoms with Crippen LogP contribution >= 0.6 is 23.2 Å². The first-order valence-electron chi connectivity index (χ1n) is 6.90. The highest BCUT2D eigenvalue weighted by Gasteiger charge is 2.33. The van der Waals surface area contributed by atoms with E-state index in [0.717, 1.165) is 31.2 Å². The van der Waals surface area contributed by atoms with Crippen LogP contribution in [0.25, 0.3) is 0 Å². The van der Waals surface area contributed by atoms with Crippen molar-refractivity contribution >= 4 is 23.2 Å². The molecule has 0 radical (unpaired) electrons. The molecule has 1 aromatic heterocycles. The molecular formula is C14H22Cl2N2O. The van der Waals surface area contributed by atoms with E-state index in [-0.39, 0.29) is 0 Å². The molecule has 3 nitrogen and oxygen atoms in total. The maximum Gasteiger partial charge on any atom is 0.163 e. The fourth-order valence-corrected chi connectivity index (χ4v) is 2.78. The molecular weight excluding hydrogens is 283 g/mol. The Balaban J connectivity index is 3.26. The van der Waals surface area contributed by atoms with Crippen LogP contribution < -0.4 is 0 Å². The molecule has 0 bridgehead atoms. The van der Waals surface area contributed by atoms with Gasteiger partial charge in [-0.25, -0.2) is 9.97 Å². The van der Waals surface area contributed by atoms with Crippen molar-refractivity contribution in [2.45, 2.75) is 59.0 Å². The predicted octanol–water partition coefficient (Wildman–Crippen LogP) is 4.79. The lowest BCUT2D eigenvalue weighted by molar-refractivity contribution is -0.0571. The molecule has 0 atom stereocenters. The highest BCUT2D eigenvalue weighted by atomic mass is 35.5. The van der Waals surface area contributed by atoms with E-state index in [4.69, 9.17) is 27.9 Å². The Hall–Kier alpha value is -0.380. The van der Waals surface area contributed by atoms with Gasteiger partial charge in [0.25, 0.3) is 0 Å². The average molecular weight is 305 g/mol. The Labute approximate surface area is 125 Å². The molecule has 5 heteroatoms. The molecule has 0 aliphatic rings. The largest absolute Gasteiger partial charge is 0.367 e. The Bertz CT molecular complexity index is 397. The molecule has 0 saturated heterocycles. The van der Waals surface area contributed by atoms with Crippen LogP contribution in [-0.2, 0) is 16.8 Å². The molecule has 0 aliphatic carbocycles. The van der Waals surface area contributed by atoms with Gasteiger partial charge >= 0.3 is 0 Å². The molecule has 1 heterocycles. The molecule has 108 valence electrons. The van der Waals surface area contributed by atoms with Gasteiger partial charge in [-0.2, -0.15) is 0 Å². The highest BCUT2D eigenvalue weighted by molar-refractivity contribution is 6.34. The smallest absolute Gasteiger partial charge is 0.163 e. The van der Waals surface area contributed by atoms with Crippen LogP contribution in [-0.4, -0.2) is 16.6 Å². The van der Waals surface area contributed by atoms with Crippen molar-refractivity contribution in [2.24, 2.45) is 0 Å². The summed E-state index contributed by atoms with van der Waals surface area (Å²) in [7, 11) is 0. The third-order valence-electron chi connectivity index (χ3n) is 3.38. The van der Waals surface area contributed by atoms with Crippen molar-refractivity contribution in [3.8, 4) is 0 Å². The summed E-state index contributed by atoms with van der Waals surface area (Å²) in [4.78, 5) is 8.86. The van der Waals surface area contributed by atoms with Gasteiger partial charge < -0.3 is 4.74 Å². The van der Waals surface area contributed by atoms with Gasteiger partial charge in [-0.3, -0.25) is 0 Å². The Morgan fingerprint density at radius 2 is 1.53 bits per heavy atom. The molecule has 0 aromatic carbocycles. The summed E-state index contributed by atoms with van der Waals surface area (Å²) >= 11 is 12.5. The first-order valence-corrected chi connectivity index (χ1v) is 7.66. The second-order valence-electron chi connectivity index (χ2n) is 4.49. The van der Waals surface area contributed by atoms with Crippen LogP contribution in [0.15, 0.2) is 0 Å². The van der Waals surface area contributed by atoms with Crippen molar-refractivity contribution in [2.75, 3.05) is 6.61 Å². The Kier molecular flexibility index (Phi) is 6.51. The van der Waals surface area contributed by atoms with Crippen LogP contribution in [0.3, 0.4) is 0 Å². The molecule has 1 aromatic rings. The maximum absolute atomic E-state index is 6.24. The maximum atomic E-state index is 6.24. The summed E-state index contributed by atoms with van der Waals surface area (Å²) in [6.07, 6.45) is 3.33. The molecule has 0 aliphatic heterocycles. The van der Waals surface area contributed by atoms with Gasteiger partial charge in [0.1, 0.15) is 15.9 Å². The number of ether oxygens (including phenoxy) is 1. The second-order valence-corrected chi connectivity index (χ2v) is 5.21. The van der Waals surface area contributed by atoms with E-state index >= 15 is 0 Å². The summed E-state index contributed by atoms with van der Waals surface area (Å²) in [5.74, 6) is 0.592. The molecule has 0 unspecified atom stereocenters. The van der Waals surface area contributed by atoms with Crippen molar-refractivity contribution in [1.82, 2.24) is 9.97 Å². The first kappa shape index (κ1) is 16.7. The Morgan fingerprint density at radius 3 is 1.89 bits per heavy atom. The number of hydrogen-bond acceptors (Lipinski definition) is 3. The fourth-order valence-electron chi connectivity index (χ4n) is 2.20. The van der Waals surface area contributed by atoms with E-state index in [0.29, 0.717) is 22.7 Å². The minimum Gasteiger partial charge on any atom is -0.367 e. The average Bonchev–Trinajstić information content (AvgIpc) is 2.40. The number of hydrogen-bond donors (Lipinski definition) is 0. The van der Waals surface area contributed by atoms with Crippen LogP contribution in [0.5, 0.6) is 0 Å². The van der Waals surface area contributed by atoms with Gasteiger partial charge in [0.2, 0.25) is 0 Å². The third kappa shape index (κ3) is 3.59. The monoisotopic (exact) mass is 304 g/mol. The van der Waals surface area contributed by atoms with Gasteiger partial charge in [-0.15, -0.1) is 0 Å². The van der Waals surface area contributed by atoms with Crippen LogP contribution in [0.1, 0.15) is 58.3 Å². The Morgan fingerprint density at radius 1 is 1.00 bits per heavy atom. The van der Waals surface area contributed by atoms with Crippen LogP contribution in [0.2, 0.25) is 10.3 Å². The number of rotatable bonds is 7. The van der Waals surface area contributed by atoms with E-state index in [1.165, 1.54) is 0 Å². The minimum absolute atomic E-state index is 0.447. The molecule has 0 fully saturated rings. The van der Waals surface area contributed by atoms with Gasteiger partial charge in [-0.05, 0) is 26.2 Å². The molecule has 19 heavy (non-hydrogen) atoms. The topological polar surface area (TPSA) is 35.0 Å².